The lowest BCUT2D eigenvalue weighted by atomic mass is 10.1. The van der Waals surface area contributed by atoms with Crippen LogP contribution in [-0.4, -0.2) is 23.5 Å². The average molecular weight is 464 g/mol. The second kappa shape index (κ2) is 10.8. The summed E-state index contributed by atoms with van der Waals surface area (Å²) in [5.74, 6) is 0.181. The first-order valence-electron chi connectivity index (χ1n) is 8.76. The number of hydrazine groups is 1. The summed E-state index contributed by atoms with van der Waals surface area (Å²) in [4.78, 5) is 24.7. The third kappa shape index (κ3) is 6.61. The molecule has 3 N–H and O–H groups in total. The number of hydrogen-bond donors (Lipinski definition) is 3. The Balaban J connectivity index is 1.91. The number of ether oxygens (including phenoxy) is 1. The van der Waals surface area contributed by atoms with E-state index in [9.17, 15) is 9.59 Å². The molecule has 0 atom stereocenters. The summed E-state index contributed by atoms with van der Waals surface area (Å²) in [7, 11) is 0. The first-order chi connectivity index (χ1) is 13.4. The molecule has 2 aromatic rings. The summed E-state index contributed by atoms with van der Waals surface area (Å²) in [5, 5.41) is 2.51. The summed E-state index contributed by atoms with van der Waals surface area (Å²) in [5.41, 5.74) is 5.78. The van der Waals surface area contributed by atoms with Crippen LogP contribution < -0.4 is 20.9 Å². The Kier molecular flexibility index (Phi) is 8.41. The maximum Gasteiger partial charge on any atom is 0.270 e. The molecular weight excluding hydrogens is 442 g/mol. The predicted molar refractivity (Wildman–Crippen MR) is 116 cm³/mol. The van der Waals surface area contributed by atoms with Gasteiger partial charge in [-0.1, -0.05) is 38.1 Å². The fraction of sp³-hybridized carbons (Fsp3) is 0.250. The third-order valence-corrected chi connectivity index (χ3v) is 4.62. The van der Waals surface area contributed by atoms with E-state index in [1.165, 1.54) is 0 Å². The average Bonchev–Trinajstić information content (AvgIpc) is 2.66. The van der Waals surface area contributed by atoms with Crippen molar-refractivity contribution >= 4 is 45.1 Å². The molecule has 28 heavy (non-hydrogen) atoms. The molecule has 148 valence electrons. The summed E-state index contributed by atoms with van der Waals surface area (Å²) < 4.78 is 6.37. The molecule has 0 aromatic heterocycles. The van der Waals surface area contributed by atoms with Crippen LogP contribution in [0.25, 0.3) is 0 Å². The molecule has 0 aliphatic rings. The van der Waals surface area contributed by atoms with Crippen molar-refractivity contribution in [3.63, 3.8) is 0 Å². The zero-order chi connectivity index (χ0) is 20.5. The summed E-state index contributed by atoms with van der Waals surface area (Å²) >= 11 is 8.39. The number of hydrogen-bond acceptors (Lipinski definition) is 4. The van der Waals surface area contributed by atoms with Gasteiger partial charge in [-0.15, -0.1) is 0 Å². The van der Waals surface area contributed by atoms with E-state index in [0.717, 1.165) is 6.42 Å². The van der Waals surface area contributed by atoms with Crippen LogP contribution in [-0.2, 0) is 0 Å². The lowest BCUT2D eigenvalue weighted by molar-refractivity contribution is 0.0933. The normalized spacial score (nSPS) is 10.3. The second-order valence-electron chi connectivity index (χ2n) is 6.37. The van der Waals surface area contributed by atoms with E-state index in [-0.39, 0.29) is 11.0 Å². The molecule has 8 heteroatoms. The Morgan fingerprint density at radius 1 is 1.00 bits per heavy atom. The maximum absolute atomic E-state index is 12.5. The van der Waals surface area contributed by atoms with Crippen LogP contribution in [0.2, 0.25) is 0 Å². The van der Waals surface area contributed by atoms with E-state index in [2.05, 4.69) is 45.9 Å². The van der Waals surface area contributed by atoms with Crippen molar-refractivity contribution in [3.05, 3.63) is 64.1 Å². The number of halogens is 1. The van der Waals surface area contributed by atoms with Crippen LogP contribution in [0.4, 0.5) is 0 Å². The molecule has 2 rings (SSSR count). The van der Waals surface area contributed by atoms with Crippen molar-refractivity contribution in [2.24, 2.45) is 5.92 Å². The lowest BCUT2D eigenvalue weighted by Crippen LogP contribution is -2.48. The molecular formula is C20H22BrN3O3S. The number of rotatable bonds is 6. The highest BCUT2D eigenvalue weighted by Crippen LogP contribution is 2.18. The fourth-order valence-corrected chi connectivity index (χ4v) is 2.82. The van der Waals surface area contributed by atoms with Crippen molar-refractivity contribution in [3.8, 4) is 5.75 Å². The van der Waals surface area contributed by atoms with E-state index in [1.54, 1.807) is 48.5 Å². The molecule has 0 radical (unpaired) electrons. The van der Waals surface area contributed by atoms with E-state index < -0.39 is 5.91 Å². The van der Waals surface area contributed by atoms with Gasteiger partial charge >= 0.3 is 0 Å². The van der Waals surface area contributed by atoms with E-state index >= 15 is 0 Å². The first-order valence-corrected chi connectivity index (χ1v) is 9.96. The first kappa shape index (κ1) is 21.8. The van der Waals surface area contributed by atoms with E-state index in [1.807, 2.05) is 0 Å². The summed E-state index contributed by atoms with van der Waals surface area (Å²) in [6.07, 6.45) is 0.886. The molecule has 0 saturated carbocycles. The molecule has 0 spiro atoms. The topological polar surface area (TPSA) is 79.5 Å². The highest BCUT2D eigenvalue weighted by molar-refractivity contribution is 9.10. The number of amides is 2. The zero-order valence-corrected chi connectivity index (χ0v) is 18.0. The molecule has 0 unspecified atom stereocenters. The lowest BCUT2D eigenvalue weighted by Gasteiger charge is -2.14. The minimum Gasteiger partial charge on any atom is -0.493 e. The number of para-hydroxylation sites is 1. The van der Waals surface area contributed by atoms with Gasteiger partial charge < -0.3 is 4.74 Å². The Morgan fingerprint density at radius 3 is 2.32 bits per heavy atom. The summed E-state index contributed by atoms with van der Waals surface area (Å²) in [6, 6.07) is 13.9. The summed E-state index contributed by atoms with van der Waals surface area (Å²) in [6.45, 7) is 4.73. The highest BCUT2D eigenvalue weighted by atomic mass is 79.9. The van der Waals surface area contributed by atoms with Gasteiger partial charge in [0, 0.05) is 4.47 Å². The van der Waals surface area contributed by atoms with E-state index in [0.29, 0.717) is 33.9 Å². The molecule has 0 fully saturated rings. The highest BCUT2D eigenvalue weighted by Gasteiger charge is 2.15. The van der Waals surface area contributed by atoms with Gasteiger partial charge in [0.1, 0.15) is 5.75 Å². The number of carbonyl (C=O) groups is 2. The number of benzene rings is 2. The second-order valence-corrected chi connectivity index (χ2v) is 7.63. The predicted octanol–water partition coefficient (Wildman–Crippen LogP) is 3.82. The van der Waals surface area contributed by atoms with Gasteiger partial charge in [-0.2, -0.15) is 0 Å². The van der Waals surface area contributed by atoms with Gasteiger partial charge in [-0.25, -0.2) is 0 Å². The van der Waals surface area contributed by atoms with Crippen LogP contribution in [0.3, 0.4) is 0 Å². The van der Waals surface area contributed by atoms with Crippen LogP contribution in [0.1, 0.15) is 41.0 Å². The van der Waals surface area contributed by atoms with E-state index in [4.69, 9.17) is 17.0 Å². The number of carbonyl (C=O) groups excluding carboxylic acids is 2. The van der Waals surface area contributed by atoms with Gasteiger partial charge in [0.2, 0.25) is 0 Å². The molecule has 0 saturated heterocycles. The Labute approximate surface area is 178 Å². The monoisotopic (exact) mass is 463 g/mol. The van der Waals surface area contributed by atoms with Crippen LogP contribution >= 0.6 is 28.1 Å². The van der Waals surface area contributed by atoms with Crippen LogP contribution in [0.15, 0.2) is 53.0 Å². The van der Waals surface area contributed by atoms with Gasteiger partial charge in [-0.3, -0.25) is 25.8 Å². The molecule has 0 bridgehead atoms. The van der Waals surface area contributed by atoms with Crippen molar-refractivity contribution in [1.82, 2.24) is 16.2 Å². The third-order valence-electron chi connectivity index (χ3n) is 3.72. The fourth-order valence-electron chi connectivity index (χ4n) is 2.21. The molecule has 2 amide bonds. The van der Waals surface area contributed by atoms with Gasteiger partial charge in [-0.05, 0) is 64.8 Å². The Bertz CT molecular complexity index is 858. The van der Waals surface area contributed by atoms with Gasteiger partial charge in [0.25, 0.3) is 11.8 Å². The smallest absolute Gasteiger partial charge is 0.270 e. The Hall–Kier alpha value is -2.45. The van der Waals surface area contributed by atoms with Crippen molar-refractivity contribution in [2.45, 2.75) is 20.3 Å². The zero-order valence-electron chi connectivity index (χ0n) is 15.6. The molecule has 6 nitrogen and oxygen atoms in total. The molecule has 0 aliphatic carbocycles. The standard InChI is InChI=1S/C20H22BrN3O3S/c1-13(2)11-12-27-17-10-6-4-8-15(17)18(25)22-20(28)24-23-19(26)14-7-3-5-9-16(14)21/h3-10,13H,11-12H2,1-2H3,(H,23,26)(H2,22,24,25,28). The van der Waals surface area contributed by atoms with Crippen molar-refractivity contribution in [1.29, 1.82) is 0 Å². The molecule has 0 heterocycles. The Morgan fingerprint density at radius 2 is 1.64 bits per heavy atom. The molecule has 2 aromatic carbocycles. The van der Waals surface area contributed by atoms with Crippen molar-refractivity contribution in [2.75, 3.05) is 6.61 Å². The van der Waals surface area contributed by atoms with Crippen LogP contribution in [0.5, 0.6) is 5.75 Å². The number of nitrogens with one attached hydrogen (secondary N) is 3. The van der Waals surface area contributed by atoms with Gasteiger partial charge in [0.15, 0.2) is 5.11 Å². The minimum absolute atomic E-state index is 0.0256. The van der Waals surface area contributed by atoms with Crippen molar-refractivity contribution < 1.29 is 14.3 Å². The molecule has 0 aliphatic heterocycles. The van der Waals surface area contributed by atoms with Gasteiger partial charge in [0.05, 0.1) is 17.7 Å². The van der Waals surface area contributed by atoms with Crippen LogP contribution in [0, 0.1) is 5.92 Å². The number of thiocarbonyl (C=S) groups is 1. The minimum atomic E-state index is -0.423. The largest absolute Gasteiger partial charge is 0.493 e. The maximum atomic E-state index is 12.5. The quantitative estimate of drug-likeness (QED) is 0.448. The SMILES string of the molecule is CC(C)CCOc1ccccc1C(=O)NC(=S)NNC(=O)c1ccccc1Br.